The number of nitrogens with zero attached hydrogens (tertiary/aromatic N) is 1. The average molecular weight is 391 g/mol. The summed E-state index contributed by atoms with van der Waals surface area (Å²) in [4.78, 5) is 28.6. The lowest BCUT2D eigenvalue weighted by molar-refractivity contribution is 0.0958. The molecule has 132 valence electrons. The topological polar surface area (TPSA) is 83.1 Å². The number of nitrogens with one attached hydrogen (secondary N) is 3. The fourth-order valence-electron chi connectivity index (χ4n) is 1.83. The maximum Gasteiger partial charge on any atom is 0.263 e. The summed E-state index contributed by atoms with van der Waals surface area (Å²) in [5.41, 5.74) is 1.03. The number of carbonyl (C=O) groups is 2. The highest BCUT2D eigenvalue weighted by molar-refractivity contribution is 7.12. The van der Waals surface area contributed by atoms with E-state index in [1.54, 1.807) is 36.0 Å². The maximum absolute atomic E-state index is 12.1. The zero-order valence-corrected chi connectivity index (χ0v) is 15.5. The van der Waals surface area contributed by atoms with Crippen LogP contribution in [0, 0.1) is 0 Å². The zero-order valence-electron chi connectivity index (χ0n) is 13.1. The number of halogens is 2. The number of hydrogen-bond donors (Lipinski definition) is 3. The molecule has 0 bridgehead atoms. The predicted octanol–water partition coefficient (Wildman–Crippen LogP) is 2.58. The number of rotatable bonds is 7. The van der Waals surface area contributed by atoms with Gasteiger partial charge in [0, 0.05) is 24.5 Å². The van der Waals surface area contributed by atoms with Crippen LogP contribution in [0.1, 0.15) is 26.5 Å². The smallest absolute Gasteiger partial charge is 0.263 e. The Bertz CT molecular complexity index is 637. The summed E-state index contributed by atoms with van der Waals surface area (Å²) in [6.45, 7) is 1.44. The van der Waals surface area contributed by atoms with Gasteiger partial charge >= 0.3 is 0 Å². The minimum absolute atomic E-state index is 0. The molecule has 6 nitrogen and oxygen atoms in total. The van der Waals surface area contributed by atoms with Gasteiger partial charge in [-0.25, -0.2) is 0 Å². The first kappa shape index (κ1) is 22.3. The molecular weight excluding hydrogens is 371 g/mol. The first-order valence-electron chi connectivity index (χ1n) is 6.94. The van der Waals surface area contributed by atoms with Crippen LogP contribution in [0.5, 0.6) is 0 Å². The minimum Gasteiger partial charge on any atom is -0.351 e. The van der Waals surface area contributed by atoms with E-state index in [9.17, 15) is 9.59 Å². The van der Waals surface area contributed by atoms with E-state index < -0.39 is 0 Å². The summed E-state index contributed by atoms with van der Waals surface area (Å²) in [7, 11) is 1.87. The molecule has 0 aliphatic heterocycles. The molecule has 9 heteroatoms. The second-order valence-electron chi connectivity index (χ2n) is 4.57. The molecule has 2 heterocycles. The fraction of sp³-hybridized carbons (Fsp3) is 0.267. The summed E-state index contributed by atoms with van der Waals surface area (Å²) in [5.74, 6) is -0.429. The third kappa shape index (κ3) is 6.45. The Kier molecular flexibility index (Phi) is 11.0. The molecule has 0 radical (unpaired) electrons. The van der Waals surface area contributed by atoms with Gasteiger partial charge in [0.15, 0.2) is 0 Å². The summed E-state index contributed by atoms with van der Waals surface area (Å²) in [5, 5.41) is 10.4. The van der Waals surface area contributed by atoms with Gasteiger partial charge in [-0.05, 0) is 43.6 Å². The second kappa shape index (κ2) is 11.8. The molecule has 2 amide bonds. The van der Waals surface area contributed by atoms with Gasteiger partial charge in [0.25, 0.3) is 11.8 Å². The van der Waals surface area contributed by atoms with Crippen molar-refractivity contribution in [2.45, 2.75) is 6.42 Å². The van der Waals surface area contributed by atoms with Gasteiger partial charge in [-0.2, -0.15) is 0 Å². The lowest BCUT2D eigenvalue weighted by Crippen LogP contribution is -2.27. The predicted molar refractivity (Wildman–Crippen MR) is 102 cm³/mol. The molecule has 0 aliphatic carbocycles. The average Bonchev–Trinajstić information content (AvgIpc) is 3.00. The van der Waals surface area contributed by atoms with Crippen molar-refractivity contribution < 1.29 is 9.59 Å². The third-order valence-electron chi connectivity index (χ3n) is 2.95. The highest BCUT2D eigenvalue weighted by Crippen LogP contribution is 2.22. The number of aromatic nitrogens is 1. The van der Waals surface area contributed by atoms with Crippen LogP contribution in [-0.2, 0) is 0 Å². The molecule has 24 heavy (non-hydrogen) atoms. The molecule has 2 rings (SSSR count). The van der Waals surface area contributed by atoms with Crippen LogP contribution in [-0.4, -0.2) is 36.9 Å². The molecule has 2 aromatic rings. The van der Waals surface area contributed by atoms with Crippen LogP contribution >= 0.6 is 36.2 Å². The summed E-state index contributed by atoms with van der Waals surface area (Å²) in [6, 6.07) is 4.98. The molecule has 0 spiro atoms. The molecule has 0 unspecified atom stereocenters. The van der Waals surface area contributed by atoms with Crippen LogP contribution in [0.15, 0.2) is 36.0 Å². The van der Waals surface area contributed by atoms with Crippen LogP contribution in [0.4, 0.5) is 5.69 Å². The van der Waals surface area contributed by atoms with Crippen molar-refractivity contribution >= 4 is 53.7 Å². The van der Waals surface area contributed by atoms with Crippen molar-refractivity contribution in [2.75, 3.05) is 25.5 Å². The van der Waals surface area contributed by atoms with Gasteiger partial charge in [0.05, 0.1) is 5.69 Å². The Hall–Kier alpha value is -1.67. The van der Waals surface area contributed by atoms with Gasteiger partial charge in [0.2, 0.25) is 0 Å². The number of anilines is 1. The lowest BCUT2D eigenvalue weighted by atomic mass is 10.2. The number of amides is 2. The van der Waals surface area contributed by atoms with Crippen LogP contribution in [0.3, 0.4) is 0 Å². The SMILES string of the molecule is CNCCCNC(=O)c1sccc1NC(=O)c1ccncc1.Cl.Cl. The zero-order chi connectivity index (χ0) is 15.8. The number of carbonyl (C=O) groups excluding carboxylic acids is 2. The number of pyridine rings is 1. The van der Waals surface area contributed by atoms with Gasteiger partial charge in [-0.3, -0.25) is 14.6 Å². The fourth-order valence-corrected chi connectivity index (χ4v) is 2.59. The molecule has 0 aromatic carbocycles. The maximum atomic E-state index is 12.1. The van der Waals surface area contributed by atoms with E-state index in [1.165, 1.54) is 11.3 Å². The van der Waals surface area contributed by atoms with Gasteiger partial charge in [-0.1, -0.05) is 0 Å². The highest BCUT2D eigenvalue weighted by Gasteiger charge is 2.15. The van der Waals surface area contributed by atoms with Crippen LogP contribution in [0.25, 0.3) is 0 Å². The Morgan fingerprint density at radius 2 is 1.79 bits per heavy atom. The van der Waals surface area contributed by atoms with E-state index in [0.29, 0.717) is 22.7 Å². The lowest BCUT2D eigenvalue weighted by Gasteiger charge is -2.07. The van der Waals surface area contributed by atoms with E-state index in [4.69, 9.17) is 0 Å². The Balaban J connectivity index is 0.00000264. The number of thiophene rings is 1. The molecule has 0 saturated carbocycles. The van der Waals surface area contributed by atoms with Crippen LogP contribution in [0.2, 0.25) is 0 Å². The highest BCUT2D eigenvalue weighted by atomic mass is 35.5. The summed E-state index contributed by atoms with van der Waals surface area (Å²) in [6.07, 6.45) is 3.96. The molecule has 0 saturated heterocycles. The van der Waals surface area contributed by atoms with Crippen molar-refractivity contribution in [1.82, 2.24) is 15.6 Å². The molecule has 2 aromatic heterocycles. The Morgan fingerprint density at radius 1 is 1.08 bits per heavy atom. The third-order valence-corrected chi connectivity index (χ3v) is 3.86. The van der Waals surface area contributed by atoms with E-state index in [1.807, 2.05) is 7.05 Å². The molecule has 0 aliphatic rings. The quantitative estimate of drug-likeness (QED) is 0.634. The molecule has 3 N–H and O–H groups in total. The summed E-state index contributed by atoms with van der Waals surface area (Å²) < 4.78 is 0. The van der Waals surface area contributed by atoms with Crippen molar-refractivity contribution in [2.24, 2.45) is 0 Å². The molecule has 0 atom stereocenters. The van der Waals surface area contributed by atoms with Crippen molar-refractivity contribution in [3.05, 3.63) is 46.4 Å². The van der Waals surface area contributed by atoms with Crippen molar-refractivity contribution in [3.8, 4) is 0 Å². The normalized spacial score (nSPS) is 9.38. The second-order valence-corrected chi connectivity index (χ2v) is 5.48. The van der Waals surface area contributed by atoms with Gasteiger partial charge in [0.1, 0.15) is 4.88 Å². The first-order chi connectivity index (χ1) is 10.7. The standard InChI is InChI=1S/C15H18N4O2S.2ClH/c1-16-6-2-7-18-15(21)13-12(5-10-22-13)19-14(20)11-3-8-17-9-4-11;;/h3-5,8-10,16H,2,6-7H2,1H3,(H,18,21)(H,19,20);2*1H. The van der Waals surface area contributed by atoms with E-state index in [2.05, 4.69) is 20.9 Å². The Morgan fingerprint density at radius 3 is 2.46 bits per heavy atom. The monoisotopic (exact) mass is 390 g/mol. The largest absolute Gasteiger partial charge is 0.351 e. The van der Waals surface area contributed by atoms with Gasteiger partial charge in [-0.15, -0.1) is 36.2 Å². The molecular formula is C15H20Cl2N4O2S. The van der Waals surface area contributed by atoms with E-state index in [-0.39, 0.29) is 36.6 Å². The van der Waals surface area contributed by atoms with Gasteiger partial charge < -0.3 is 16.0 Å². The number of hydrogen-bond acceptors (Lipinski definition) is 5. The van der Waals surface area contributed by atoms with Crippen LogP contribution < -0.4 is 16.0 Å². The van der Waals surface area contributed by atoms with Crippen molar-refractivity contribution in [3.63, 3.8) is 0 Å². The minimum atomic E-state index is -0.259. The van der Waals surface area contributed by atoms with E-state index in [0.717, 1.165) is 13.0 Å². The Labute approximate surface area is 157 Å². The summed E-state index contributed by atoms with van der Waals surface area (Å²) >= 11 is 1.30. The van der Waals surface area contributed by atoms with Crippen molar-refractivity contribution in [1.29, 1.82) is 0 Å². The first-order valence-corrected chi connectivity index (χ1v) is 7.82. The molecule has 0 fully saturated rings. The van der Waals surface area contributed by atoms with E-state index >= 15 is 0 Å².